The fraction of sp³-hybridized carbons (Fsp3) is 0.500. The third kappa shape index (κ3) is 3.65. The van der Waals surface area contributed by atoms with Crippen LogP contribution in [-0.2, 0) is 4.74 Å². The summed E-state index contributed by atoms with van der Waals surface area (Å²) in [4.78, 5) is 2.29. The molecule has 1 heterocycles. The molecule has 0 bridgehead atoms. The van der Waals surface area contributed by atoms with E-state index in [0.29, 0.717) is 28.1 Å². The van der Waals surface area contributed by atoms with Gasteiger partial charge in [0.15, 0.2) is 0 Å². The van der Waals surface area contributed by atoms with E-state index in [2.05, 4.69) is 4.90 Å². The number of nitrogen functional groups attached to an aromatic ring is 1. The Bertz CT molecular complexity index is 409. The number of nitrogens with two attached hydrogens (primary N) is 1. The Morgan fingerprint density at radius 2 is 1.89 bits per heavy atom. The molecule has 0 aromatic heterocycles. The fourth-order valence-corrected chi connectivity index (χ4v) is 2.10. The molecule has 0 aliphatic carbocycles. The van der Waals surface area contributed by atoms with Crippen LogP contribution in [-0.4, -0.2) is 44.4 Å². The molecule has 0 radical (unpaired) electrons. The molecule has 0 atom stereocenters. The van der Waals surface area contributed by atoms with E-state index in [9.17, 15) is 0 Å². The summed E-state index contributed by atoms with van der Waals surface area (Å²) < 4.78 is 10.9. The predicted octanol–water partition coefficient (Wildman–Crippen LogP) is 2.29. The average molecular weight is 291 g/mol. The van der Waals surface area contributed by atoms with Gasteiger partial charge in [-0.2, -0.15) is 0 Å². The Morgan fingerprint density at radius 1 is 1.22 bits per heavy atom. The standard InChI is InChI=1S/C12H16Cl2N2O2/c13-9-7-11(15)12(8-10(9)14)18-6-3-16-1-4-17-5-2-16/h7-8H,1-6,15H2. The average Bonchev–Trinajstić information content (AvgIpc) is 2.37. The molecule has 2 N–H and O–H groups in total. The molecule has 18 heavy (non-hydrogen) atoms. The minimum absolute atomic E-state index is 0.440. The first kappa shape index (κ1) is 13.7. The van der Waals surface area contributed by atoms with Crippen LogP contribution in [0, 0.1) is 0 Å². The molecule has 1 aromatic rings. The van der Waals surface area contributed by atoms with E-state index in [0.717, 1.165) is 32.8 Å². The lowest BCUT2D eigenvalue weighted by molar-refractivity contribution is 0.0323. The van der Waals surface area contributed by atoms with Gasteiger partial charge in [0.05, 0.1) is 28.9 Å². The minimum Gasteiger partial charge on any atom is -0.490 e. The number of benzene rings is 1. The molecule has 0 unspecified atom stereocenters. The lowest BCUT2D eigenvalue weighted by Crippen LogP contribution is -2.38. The highest BCUT2D eigenvalue weighted by Crippen LogP contribution is 2.32. The van der Waals surface area contributed by atoms with Crippen molar-refractivity contribution in [3.63, 3.8) is 0 Å². The summed E-state index contributed by atoms with van der Waals surface area (Å²) in [6.07, 6.45) is 0. The molecule has 0 amide bonds. The number of ether oxygens (including phenoxy) is 2. The summed E-state index contributed by atoms with van der Waals surface area (Å²) in [6.45, 7) is 4.88. The van der Waals surface area contributed by atoms with Gasteiger partial charge in [0, 0.05) is 25.7 Å². The highest BCUT2D eigenvalue weighted by molar-refractivity contribution is 6.42. The van der Waals surface area contributed by atoms with E-state index < -0.39 is 0 Å². The Balaban J connectivity index is 1.84. The van der Waals surface area contributed by atoms with E-state index in [1.165, 1.54) is 0 Å². The predicted molar refractivity (Wildman–Crippen MR) is 73.6 cm³/mol. The van der Waals surface area contributed by atoms with Crippen LogP contribution in [0.3, 0.4) is 0 Å². The monoisotopic (exact) mass is 290 g/mol. The van der Waals surface area contributed by atoms with Gasteiger partial charge >= 0.3 is 0 Å². The maximum atomic E-state index is 5.92. The van der Waals surface area contributed by atoms with E-state index in [-0.39, 0.29) is 0 Å². The van der Waals surface area contributed by atoms with Crippen molar-refractivity contribution in [1.29, 1.82) is 0 Å². The van der Waals surface area contributed by atoms with Gasteiger partial charge in [-0.1, -0.05) is 23.2 Å². The van der Waals surface area contributed by atoms with Crippen LogP contribution < -0.4 is 10.5 Å². The molecule has 2 rings (SSSR count). The lowest BCUT2D eigenvalue weighted by Gasteiger charge is -2.26. The molecule has 4 nitrogen and oxygen atoms in total. The Hall–Kier alpha value is -0.680. The van der Waals surface area contributed by atoms with Gasteiger partial charge in [0.2, 0.25) is 0 Å². The molecule has 1 aliphatic rings. The summed E-state index contributed by atoms with van der Waals surface area (Å²) in [5, 5.41) is 0.891. The van der Waals surface area contributed by atoms with Crippen LogP contribution in [0.25, 0.3) is 0 Å². The molecule has 0 spiro atoms. The zero-order valence-corrected chi connectivity index (χ0v) is 11.5. The summed E-state index contributed by atoms with van der Waals surface area (Å²) in [5.74, 6) is 0.581. The Morgan fingerprint density at radius 3 is 2.61 bits per heavy atom. The van der Waals surface area contributed by atoms with Crippen molar-refractivity contribution in [2.24, 2.45) is 0 Å². The third-order valence-corrected chi connectivity index (χ3v) is 3.54. The molecule has 6 heteroatoms. The highest BCUT2D eigenvalue weighted by atomic mass is 35.5. The van der Waals surface area contributed by atoms with Crippen LogP contribution in [0.2, 0.25) is 10.0 Å². The number of nitrogens with zero attached hydrogens (tertiary/aromatic N) is 1. The number of rotatable bonds is 4. The summed E-state index contributed by atoms with van der Waals surface area (Å²) in [6, 6.07) is 3.26. The first-order chi connectivity index (χ1) is 8.66. The van der Waals surface area contributed by atoms with Gasteiger partial charge in [-0.05, 0) is 6.07 Å². The van der Waals surface area contributed by atoms with Crippen LogP contribution >= 0.6 is 23.2 Å². The summed E-state index contributed by atoms with van der Waals surface area (Å²) in [5.41, 5.74) is 6.31. The normalized spacial score (nSPS) is 16.8. The maximum Gasteiger partial charge on any atom is 0.143 e. The maximum absolute atomic E-state index is 5.92. The second kappa shape index (κ2) is 6.48. The minimum atomic E-state index is 0.440. The van der Waals surface area contributed by atoms with Gasteiger partial charge < -0.3 is 15.2 Å². The van der Waals surface area contributed by atoms with Gasteiger partial charge in [-0.3, -0.25) is 4.90 Å². The summed E-state index contributed by atoms with van der Waals surface area (Å²) in [7, 11) is 0. The van der Waals surface area contributed by atoms with E-state index in [4.69, 9.17) is 38.4 Å². The van der Waals surface area contributed by atoms with Crippen molar-refractivity contribution in [3.8, 4) is 5.75 Å². The molecule has 1 aliphatic heterocycles. The van der Waals surface area contributed by atoms with Gasteiger partial charge in [0.1, 0.15) is 12.4 Å². The quantitative estimate of drug-likeness (QED) is 0.865. The molecular weight excluding hydrogens is 275 g/mol. The van der Waals surface area contributed by atoms with Gasteiger partial charge in [-0.15, -0.1) is 0 Å². The van der Waals surface area contributed by atoms with Crippen LogP contribution in [0.4, 0.5) is 5.69 Å². The second-order valence-corrected chi connectivity index (χ2v) is 4.92. The zero-order chi connectivity index (χ0) is 13.0. The number of hydrogen-bond donors (Lipinski definition) is 1. The number of morpholine rings is 1. The number of hydrogen-bond acceptors (Lipinski definition) is 4. The third-order valence-electron chi connectivity index (χ3n) is 2.82. The Kier molecular flexibility index (Phi) is 4.95. The van der Waals surface area contributed by atoms with Crippen molar-refractivity contribution in [1.82, 2.24) is 4.90 Å². The van der Waals surface area contributed by atoms with E-state index in [1.54, 1.807) is 12.1 Å². The molecule has 1 saturated heterocycles. The highest BCUT2D eigenvalue weighted by Gasteiger charge is 2.11. The van der Waals surface area contributed by atoms with Crippen LogP contribution in [0.5, 0.6) is 5.75 Å². The zero-order valence-electron chi connectivity index (χ0n) is 9.99. The SMILES string of the molecule is Nc1cc(Cl)c(Cl)cc1OCCN1CCOCC1. The first-order valence-electron chi connectivity index (χ1n) is 5.84. The van der Waals surface area contributed by atoms with E-state index in [1.807, 2.05) is 0 Å². The Labute approximate surface area is 117 Å². The second-order valence-electron chi connectivity index (χ2n) is 4.11. The first-order valence-corrected chi connectivity index (χ1v) is 6.60. The largest absolute Gasteiger partial charge is 0.490 e. The van der Waals surface area contributed by atoms with Crippen molar-refractivity contribution < 1.29 is 9.47 Å². The molecular formula is C12H16Cl2N2O2. The van der Waals surface area contributed by atoms with Crippen molar-refractivity contribution in [2.45, 2.75) is 0 Å². The van der Waals surface area contributed by atoms with Gasteiger partial charge in [0.25, 0.3) is 0 Å². The molecule has 100 valence electrons. The topological polar surface area (TPSA) is 47.7 Å². The molecule has 1 aromatic carbocycles. The fourth-order valence-electron chi connectivity index (χ4n) is 1.78. The van der Waals surface area contributed by atoms with Crippen molar-refractivity contribution in [2.75, 3.05) is 45.2 Å². The molecule has 0 saturated carbocycles. The lowest BCUT2D eigenvalue weighted by atomic mass is 10.3. The van der Waals surface area contributed by atoms with E-state index >= 15 is 0 Å². The smallest absolute Gasteiger partial charge is 0.143 e. The van der Waals surface area contributed by atoms with Crippen molar-refractivity contribution in [3.05, 3.63) is 22.2 Å². The van der Waals surface area contributed by atoms with Gasteiger partial charge in [-0.25, -0.2) is 0 Å². The molecule has 1 fully saturated rings. The number of halogens is 2. The van der Waals surface area contributed by atoms with Crippen molar-refractivity contribution >= 4 is 28.9 Å². The number of anilines is 1. The summed E-state index contributed by atoms with van der Waals surface area (Å²) >= 11 is 11.8. The van der Waals surface area contributed by atoms with Crippen LogP contribution in [0.15, 0.2) is 12.1 Å². The van der Waals surface area contributed by atoms with Crippen LogP contribution in [0.1, 0.15) is 0 Å².